The van der Waals surface area contributed by atoms with Crippen molar-refractivity contribution in [3.8, 4) is 12.0 Å². The summed E-state index contributed by atoms with van der Waals surface area (Å²) in [5, 5.41) is 24.8. The molecule has 2 heterocycles. The van der Waals surface area contributed by atoms with Crippen molar-refractivity contribution in [2.24, 2.45) is 5.92 Å². The Morgan fingerprint density at radius 2 is 2.16 bits per heavy atom. The zero-order valence-corrected chi connectivity index (χ0v) is 15.8. The maximum Gasteiger partial charge on any atom is 0.271 e. The minimum absolute atomic E-state index is 0.0118. The molecule has 10 heteroatoms. The van der Waals surface area contributed by atoms with E-state index in [4.69, 9.17) is 5.84 Å². The largest absolute Gasteiger partial charge is 0.337 e. The number of aryl methyl sites for hydroxylation is 2. The highest BCUT2D eigenvalue weighted by molar-refractivity contribution is 7.99. The number of nitrogens with two attached hydrogens (primary N) is 1. The van der Waals surface area contributed by atoms with E-state index in [9.17, 15) is 10.1 Å². The van der Waals surface area contributed by atoms with Crippen molar-refractivity contribution in [1.82, 2.24) is 30.0 Å². The summed E-state index contributed by atoms with van der Waals surface area (Å²) < 4.78 is 2.89. The number of hydrogen-bond donors (Lipinski definition) is 2. The fourth-order valence-electron chi connectivity index (χ4n) is 2.10. The molecule has 9 nitrogen and oxygen atoms in total. The lowest BCUT2D eigenvalue weighted by molar-refractivity contribution is -0.120. The van der Waals surface area contributed by atoms with Gasteiger partial charge in [-0.2, -0.15) is 10.4 Å². The Hall–Kier alpha value is -2.54. The van der Waals surface area contributed by atoms with Crippen LogP contribution in [0, 0.1) is 31.1 Å². The van der Waals surface area contributed by atoms with Crippen LogP contribution in [-0.4, -0.2) is 41.9 Å². The second-order valence-corrected chi connectivity index (χ2v) is 7.24. The monoisotopic (exact) mass is 362 g/mol. The minimum Gasteiger partial charge on any atom is -0.337 e. The highest BCUT2D eigenvalue weighted by Crippen LogP contribution is 2.19. The number of nitrogens with one attached hydrogen (secondary N) is 1. The number of rotatable bonds is 6. The van der Waals surface area contributed by atoms with Crippen LogP contribution in [-0.2, 0) is 4.79 Å². The molecule has 0 saturated heterocycles. The lowest BCUT2D eigenvalue weighted by atomic mass is 9.90. The van der Waals surface area contributed by atoms with Crippen LogP contribution in [0.2, 0.25) is 0 Å². The van der Waals surface area contributed by atoms with Crippen molar-refractivity contribution in [3.05, 3.63) is 17.5 Å². The van der Waals surface area contributed by atoms with Crippen LogP contribution in [0.5, 0.6) is 0 Å². The third-order valence-electron chi connectivity index (χ3n) is 3.96. The molecule has 0 fully saturated rings. The first-order valence-corrected chi connectivity index (χ1v) is 8.75. The summed E-state index contributed by atoms with van der Waals surface area (Å²) in [6, 6.07) is 4.05. The van der Waals surface area contributed by atoms with Crippen LogP contribution in [0.25, 0.3) is 5.95 Å². The summed E-state index contributed by atoms with van der Waals surface area (Å²) in [5.41, 5.74) is 0.814. The molecule has 1 atom stereocenters. The molecule has 2 rings (SSSR count). The van der Waals surface area contributed by atoms with E-state index in [1.807, 2.05) is 33.8 Å². The Kier molecular flexibility index (Phi) is 5.37. The first kappa shape index (κ1) is 18.8. The molecule has 3 N–H and O–H groups in total. The number of amides is 1. The zero-order valence-electron chi connectivity index (χ0n) is 14.9. The van der Waals surface area contributed by atoms with E-state index >= 15 is 0 Å². The van der Waals surface area contributed by atoms with Crippen LogP contribution in [0.3, 0.4) is 0 Å². The first-order valence-electron chi connectivity index (χ1n) is 7.77. The number of hydrogen-bond acceptors (Lipinski definition) is 7. The maximum atomic E-state index is 12.1. The van der Waals surface area contributed by atoms with Crippen LogP contribution < -0.4 is 11.2 Å². The molecule has 2 aromatic rings. The second-order valence-electron chi connectivity index (χ2n) is 6.30. The summed E-state index contributed by atoms with van der Waals surface area (Å²) in [4.78, 5) is 12.1. The van der Waals surface area contributed by atoms with E-state index in [0.29, 0.717) is 11.1 Å². The lowest BCUT2D eigenvalue weighted by Gasteiger charge is -2.27. The molecule has 0 aliphatic rings. The number of nitrogen functional groups attached to an aromatic ring is 1. The number of carbonyl (C=O) groups is 1. The molecule has 1 unspecified atom stereocenters. The van der Waals surface area contributed by atoms with Crippen molar-refractivity contribution in [3.63, 3.8) is 0 Å². The van der Waals surface area contributed by atoms with Gasteiger partial charge in [0.25, 0.3) is 5.95 Å². The van der Waals surface area contributed by atoms with Gasteiger partial charge in [-0.05, 0) is 32.8 Å². The number of nitriles is 1. The predicted molar refractivity (Wildman–Crippen MR) is 94.5 cm³/mol. The summed E-state index contributed by atoms with van der Waals surface area (Å²) in [7, 11) is 0. The molecule has 0 radical (unpaired) electrons. The molecular weight excluding hydrogens is 340 g/mol. The molecule has 2 aromatic heterocycles. The molecule has 0 aliphatic heterocycles. The van der Waals surface area contributed by atoms with Crippen LogP contribution >= 0.6 is 11.8 Å². The second kappa shape index (κ2) is 7.14. The highest BCUT2D eigenvalue weighted by atomic mass is 32.2. The van der Waals surface area contributed by atoms with Gasteiger partial charge in [0, 0.05) is 5.69 Å². The van der Waals surface area contributed by atoms with Gasteiger partial charge in [-0.3, -0.25) is 4.79 Å². The Morgan fingerprint density at radius 1 is 1.48 bits per heavy atom. The predicted octanol–water partition coefficient (Wildman–Crippen LogP) is 0.941. The SMILES string of the molecule is Cc1cc(C)n(-c2nnc(SCC(=O)NC(C)(C#N)C(C)C)n2N)n1. The van der Waals surface area contributed by atoms with Crippen LogP contribution in [0.4, 0.5) is 0 Å². The van der Waals surface area contributed by atoms with Gasteiger partial charge in [0.2, 0.25) is 11.1 Å². The van der Waals surface area contributed by atoms with Crippen molar-refractivity contribution >= 4 is 17.7 Å². The molecule has 0 bridgehead atoms. The lowest BCUT2D eigenvalue weighted by Crippen LogP contribution is -2.49. The molecule has 134 valence electrons. The Labute approximate surface area is 150 Å². The van der Waals surface area contributed by atoms with Crippen LogP contribution in [0.1, 0.15) is 32.2 Å². The normalized spacial score (nSPS) is 13.5. The average molecular weight is 362 g/mol. The van der Waals surface area contributed by atoms with Gasteiger partial charge in [0.15, 0.2) is 0 Å². The Balaban J connectivity index is 2.07. The van der Waals surface area contributed by atoms with E-state index in [1.165, 1.54) is 4.68 Å². The van der Waals surface area contributed by atoms with E-state index in [-0.39, 0.29) is 17.6 Å². The summed E-state index contributed by atoms with van der Waals surface area (Å²) in [6.07, 6.45) is 0. The smallest absolute Gasteiger partial charge is 0.271 e. The highest BCUT2D eigenvalue weighted by Gasteiger charge is 2.30. The van der Waals surface area contributed by atoms with Gasteiger partial charge in [0.05, 0.1) is 17.5 Å². The van der Waals surface area contributed by atoms with Crippen molar-refractivity contribution in [1.29, 1.82) is 5.26 Å². The van der Waals surface area contributed by atoms with E-state index in [0.717, 1.165) is 23.1 Å². The number of thioether (sulfide) groups is 1. The number of carbonyl (C=O) groups excluding carboxylic acids is 1. The molecule has 1 amide bonds. The van der Waals surface area contributed by atoms with Gasteiger partial charge in [0.1, 0.15) is 5.54 Å². The van der Waals surface area contributed by atoms with Crippen molar-refractivity contribution in [2.45, 2.75) is 45.3 Å². The van der Waals surface area contributed by atoms with Crippen molar-refractivity contribution in [2.75, 3.05) is 11.6 Å². The minimum atomic E-state index is -0.914. The summed E-state index contributed by atoms with van der Waals surface area (Å²) in [6.45, 7) is 9.24. The van der Waals surface area contributed by atoms with Crippen LogP contribution in [0.15, 0.2) is 11.2 Å². The number of aromatic nitrogens is 5. The maximum absolute atomic E-state index is 12.1. The molecule has 0 spiro atoms. The van der Waals surface area contributed by atoms with Gasteiger partial charge in [-0.15, -0.1) is 10.2 Å². The van der Waals surface area contributed by atoms with E-state index in [2.05, 4.69) is 26.7 Å². The molecule has 25 heavy (non-hydrogen) atoms. The topological polar surface area (TPSA) is 127 Å². The standard InChI is InChI=1S/C15H22N8OS/c1-9(2)15(5,8-16)18-12(24)7-25-14-20-19-13(22(14)17)23-11(4)6-10(3)21-23/h6,9H,7,17H2,1-5H3,(H,18,24). The van der Waals surface area contributed by atoms with Gasteiger partial charge >= 0.3 is 0 Å². The fourth-order valence-corrected chi connectivity index (χ4v) is 2.75. The molecule has 0 saturated carbocycles. The zero-order chi connectivity index (χ0) is 18.8. The third-order valence-corrected chi connectivity index (χ3v) is 4.91. The van der Waals surface area contributed by atoms with Crippen molar-refractivity contribution < 1.29 is 4.79 Å². The Bertz CT molecular complexity index is 818. The Morgan fingerprint density at radius 3 is 2.68 bits per heavy atom. The first-order chi connectivity index (χ1) is 11.7. The molecular formula is C15H22N8OS. The van der Waals surface area contributed by atoms with E-state index < -0.39 is 5.54 Å². The fraction of sp³-hybridized carbons (Fsp3) is 0.533. The average Bonchev–Trinajstić information content (AvgIpc) is 3.06. The summed E-state index contributed by atoms with van der Waals surface area (Å²) in [5.74, 6) is 6.20. The molecule has 0 aromatic carbocycles. The third kappa shape index (κ3) is 3.93. The molecule has 0 aliphatic carbocycles. The van der Waals surface area contributed by atoms with Gasteiger partial charge < -0.3 is 11.2 Å². The quantitative estimate of drug-likeness (QED) is 0.578. The van der Waals surface area contributed by atoms with Gasteiger partial charge in [-0.1, -0.05) is 25.6 Å². The van der Waals surface area contributed by atoms with Gasteiger partial charge in [-0.25, -0.2) is 9.36 Å². The number of nitrogens with zero attached hydrogens (tertiary/aromatic N) is 6. The summed E-state index contributed by atoms with van der Waals surface area (Å²) >= 11 is 1.15. The van der Waals surface area contributed by atoms with E-state index in [1.54, 1.807) is 11.6 Å².